The Morgan fingerprint density at radius 1 is 1.18 bits per heavy atom. The molecule has 1 atom stereocenters. The Morgan fingerprint density at radius 3 is 2.32 bits per heavy atom. The summed E-state index contributed by atoms with van der Waals surface area (Å²) in [4.78, 5) is 35.1. The van der Waals surface area contributed by atoms with Crippen LogP contribution in [0.1, 0.15) is 42.3 Å². The number of nitro groups is 1. The number of rotatable bonds is 7. The number of hydrogen-bond acceptors (Lipinski definition) is 5. The second-order valence-corrected chi connectivity index (χ2v) is 6.53. The molecule has 0 aliphatic rings. The third kappa shape index (κ3) is 4.86. The first kappa shape index (κ1) is 21.4. The lowest BCUT2D eigenvalue weighted by atomic mass is 10.0. The molecule has 1 amide bonds. The van der Waals surface area contributed by atoms with Crippen LogP contribution in [0.3, 0.4) is 0 Å². The molecule has 0 saturated heterocycles. The zero-order chi connectivity index (χ0) is 20.8. The van der Waals surface area contributed by atoms with Crippen LogP contribution in [-0.4, -0.2) is 22.9 Å². The number of hydrogen-bond donors (Lipinski definition) is 1. The van der Waals surface area contributed by atoms with Gasteiger partial charge in [0.05, 0.1) is 10.5 Å². The molecule has 2 aromatic rings. The van der Waals surface area contributed by atoms with E-state index in [4.69, 9.17) is 16.3 Å². The van der Waals surface area contributed by atoms with Crippen LogP contribution in [0.25, 0.3) is 0 Å². The zero-order valence-electron chi connectivity index (χ0n) is 15.8. The van der Waals surface area contributed by atoms with Crippen molar-refractivity contribution in [1.82, 2.24) is 0 Å². The smallest absolute Gasteiger partial charge is 0.339 e. The monoisotopic (exact) mass is 404 g/mol. The Balaban J connectivity index is 2.14. The molecule has 0 saturated carbocycles. The van der Waals surface area contributed by atoms with Gasteiger partial charge in [0, 0.05) is 11.8 Å². The van der Waals surface area contributed by atoms with Gasteiger partial charge in [-0.05, 0) is 43.0 Å². The third-order valence-corrected chi connectivity index (χ3v) is 4.60. The highest BCUT2D eigenvalue weighted by molar-refractivity contribution is 6.32. The van der Waals surface area contributed by atoms with Crippen LogP contribution in [0.15, 0.2) is 36.4 Å². The molecular formula is C20H21ClN2O5. The minimum atomic E-state index is -1.09. The summed E-state index contributed by atoms with van der Waals surface area (Å²) in [5.41, 5.74) is 2.23. The largest absolute Gasteiger partial charge is 0.449 e. The molecule has 0 aliphatic heterocycles. The fourth-order valence-electron chi connectivity index (χ4n) is 2.69. The van der Waals surface area contributed by atoms with Crippen molar-refractivity contribution in [3.05, 3.63) is 68.2 Å². The SMILES string of the molecule is CCc1cccc(CC)c1NC(=O)[C@H](C)OC(=O)c1ccc(Cl)c([N+](=O)[O-])c1. The number of carbonyl (C=O) groups excluding carboxylic acids is 2. The number of nitrogens with zero attached hydrogens (tertiary/aromatic N) is 1. The normalized spacial score (nSPS) is 11.6. The van der Waals surface area contributed by atoms with Gasteiger partial charge in [-0.1, -0.05) is 43.6 Å². The summed E-state index contributed by atoms with van der Waals surface area (Å²) in [6, 6.07) is 9.37. The summed E-state index contributed by atoms with van der Waals surface area (Å²) in [7, 11) is 0. The van der Waals surface area contributed by atoms with Crippen LogP contribution in [0.4, 0.5) is 11.4 Å². The van der Waals surface area contributed by atoms with Gasteiger partial charge in [-0.3, -0.25) is 14.9 Å². The highest BCUT2D eigenvalue weighted by atomic mass is 35.5. The lowest BCUT2D eigenvalue weighted by Gasteiger charge is -2.18. The summed E-state index contributed by atoms with van der Waals surface area (Å²) < 4.78 is 5.18. The molecule has 148 valence electrons. The van der Waals surface area contributed by atoms with Gasteiger partial charge >= 0.3 is 5.97 Å². The van der Waals surface area contributed by atoms with Gasteiger partial charge < -0.3 is 10.1 Å². The van der Waals surface area contributed by atoms with Gasteiger partial charge in [-0.25, -0.2) is 4.79 Å². The summed E-state index contributed by atoms with van der Waals surface area (Å²) in [6.07, 6.45) is 0.398. The van der Waals surface area contributed by atoms with Crippen LogP contribution >= 0.6 is 11.6 Å². The van der Waals surface area contributed by atoms with Crippen molar-refractivity contribution < 1.29 is 19.2 Å². The van der Waals surface area contributed by atoms with Crippen LogP contribution < -0.4 is 5.32 Å². The topological polar surface area (TPSA) is 98.5 Å². The minimum Gasteiger partial charge on any atom is -0.449 e. The van der Waals surface area contributed by atoms with Gasteiger partial charge in [0.2, 0.25) is 0 Å². The van der Waals surface area contributed by atoms with Crippen molar-refractivity contribution >= 4 is 34.9 Å². The zero-order valence-corrected chi connectivity index (χ0v) is 16.6. The molecule has 0 bridgehead atoms. The predicted octanol–water partition coefficient (Wildman–Crippen LogP) is 4.56. The number of carbonyl (C=O) groups is 2. The maximum Gasteiger partial charge on any atom is 0.339 e. The number of esters is 1. The molecule has 2 rings (SSSR count). The standard InChI is InChI=1S/C20H21ClN2O5/c1-4-13-7-6-8-14(5-2)18(13)22-19(24)12(3)28-20(25)15-9-10-16(21)17(11-15)23(26)27/h6-12H,4-5H2,1-3H3,(H,22,24)/t12-/m0/s1. The van der Waals surface area contributed by atoms with E-state index < -0.39 is 28.6 Å². The quantitative estimate of drug-likeness (QED) is 0.414. The van der Waals surface area contributed by atoms with Crippen molar-refractivity contribution in [3.63, 3.8) is 0 Å². The molecular weight excluding hydrogens is 384 g/mol. The average Bonchev–Trinajstić information content (AvgIpc) is 2.67. The summed E-state index contributed by atoms with van der Waals surface area (Å²) in [5.74, 6) is -1.32. The van der Waals surface area contributed by atoms with E-state index in [-0.39, 0.29) is 10.6 Å². The van der Waals surface area contributed by atoms with E-state index in [2.05, 4.69) is 5.32 Å². The van der Waals surface area contributed by atoms with E-state index in [1.807, 2.05) is 32.0 Å². The summed E-state index contributed by atoms with van der Waals surface area (Å²) in [5, 5.41) is 13.7. The number of benzene rings is 2. The molecule has 0 aliphatic carbocycles. The molecule has 0 spiro atoms. The molecule has 0 fully saturated rings. The molecule has 0 heterocycles. The van der Waals surface area contributed by atoms with E-state index in [0.29, 0.717) is 0 Å². The number of nitro benzene ring substituents is 1. The molecule has 0 unspecified atom stereocenters. The number of para-hydroxylation sites is 1. The van der Waals surface area contributed by atoms with E-state index in [9.17, 15) is 19.7 Å². The molecule has 0 aromatic heterocycles. The molecule has 28 heavy (non-hydrogen) atoms. The Labute approximate surface area is 167 Å². The highest BCUT2D eigenvalue weighted by Gasteiger charge is 2.23. The van der Waals surface area contributed by atoms with Crippen molar-refractivity contribution in [2.75, 3.05) is 5.32 Å². The maximum atomic E-state index is 12.5. The molecule has 2 aromatic carbocycles. The Bertz CT molecular complexity index is 891. The van der Waals surface area contributed by atoms with Gasteiger partial charge in [-0.2, -0.15) is 0 Å². The second-order valence-electron chi connectivity index (χ2n) is 6.12. The number of nitrogens with one attached hydrogen (secondary N) is 1. The van der Waals surface area contributed by atoms with Crippen molar-refractivity contribution in [2.24, 2.45) is 0 Å². The van der Waals surface area contributed by atoms with Gasteiger partial charge in [-0.15, -0.1) is 0 Å². The van der Waals surface area contributed by atoms with Crippen LogP contribution in [-0.2, 0) is 22.4 Å². The lowest BCUT2D eigenvalue weighted by molar-refractivity contribution is -0.384. The average molecular weight is 405 g/mol. The first-order chi connectivity index (χ1) is 13.3. The van der Waals surface area contributed by atoms with Gasteiger partial charge in [0.1, 0.15) is 5.02 Å². The van der Waals surface area contributed by atoms with Crippen molar-refractivity contribution in [3.8, 4) is 0 Å². The first-order valence-corrected chi connectivity index (χ1v) is 9.22. The Morgan fingerprint density at radius 2 is 1.79 bits per heavy atom. The number of anilines is 1. The van der Waals surface area contributed by atoms with E-state index in [1.54, 1.807) is 0 Å². The Kier molecular flexibility index (Phi) is 7.12. The second kappa shape index (κ2) is 9.32. The van der Waals surface area contributed by atoms with Crippen LogP contribution in [0.2, 0.25) is 5.02 Å². The molecule has 7 nitrogen and oxygen atoms in total. The number of halogens is 1. The number of ether oxygens (including phenoxy) is 1. The Hall–Kier alpha value is -2.93. The first-order valence-electron chi connectivity index (χ1n) is 8.85. The van der Waals surface area contributed by atoms with Gasteiger partial charge in [0.15, 0.2) is 6.10 Å². The third-order valence-electron chi connectivity index (χ3n) is 4.28. The number of amides is 1. The molecule has 8 heteroatoms. The number of aryl methyl sites for hydroxylation is 2. The van der Waals surface area contributed by atoms with Crippen LogP contribution in [0, 0.1) is 10.1 Å². The van der Waals surface area contributed by atoms with E-state index >= 15 is 0 Å². The molecule has 1 N–H and O–H groups in total. The molecule has 0 radical (unpaired) electrons. The maximum absolute atomic E-state index is 12.5. The fourth-order valence-corrected chi connectivity index (χ4v) is 2.88. The van der Waals surface area contributed by atoms with Crippen molar-refractivity contribution in [2.45, 2.75) is 39.7 Å². The van der Waals surface area contributed by atoms with E-state index in [0.717, 1.165) is 35.7 Å². The summed E-state index contributed by atoms with van der Waals surface area (Å²) >= 11 is 5.74. The lowest BCUT2D eigenvalue weighted by Crippen LogP contribution is -2.30. The summed E-state index contributed by atoms with van der Waals surface area (Å²) in [6.45, 7) is 5.42. The predicted molar refractivity (Wildman–Crippen MR) is 107 cm³/mol. The van der Waals surface area contributed by atoms with Crippen LogP contribution in [0.5, 0.6) is 0 Å². The highest BCUT2D eigenvalue weighted by Crippen LogP contribution is 2.26. The fraction of sp³-hybridized carbons (Fsp3) is 0.300. The minimum absolute atomic E-state index is 0.0565. The van der Waals surface area contributed by atoms with Gasteiger partial charge in [0.25, 0.3) is 11.6 Å². The van der Waals surface area contributed by atoms with E-state index in [1.165, 1.54) is 19.1 Å². The van der Waals surface area contributed by atoms with Crippen molar-refractivity contribution in [1.29, 1.82) is 0 Å².